The molecule has 0 aliphatic carbocycles. The Bertz CT molecular complexity index is 1210. The summed E-state index contributed by atoms with van der Waals surface area (Å²) in [6.45, 7) is 14.0. The highest BCUT2D eigenvalue weighted by Crippen LogP contribution is 2.28. The molecule has 0 fully saturated rings. The van der Waals surface area contributed by atoms with Crippen molar-refractivity contribution in [2.75, 3.05) is 7.11 Å². The van der Waals surface area contributed by atoms with Gasteiger partial charge in [0.05, 0.1) is 18.5 Å². The number of rotatable bonds is 7. The van der Waals surface area contributed by atoms with Crippen molar-refractivity contribution in [3.05, 3.63) is 51.8 Å². The first-order valence-electron chi connectivity index (χ1n) is 11.3. The second-order valence-electron chi connectivity index (χ2n) is 9.08. The van der Waals surface area contributed by atoms with Gasteiger partial charge in [-0.1, -0.05) is 19.9 Å². The Hall–Kier alpha value is -3.22. The number of pyridine rings is 1. The lowest BCUT2D eigenvalue weighted by molar-refractivity contribution is -0.146. The molecule has 33 heavy (non-hydrogen) atoms. The summed E-state index contributed by atoms with van der Waals surface area (Å²) in [5.41, 5.74) is 8.17. The van der Waals surface area contributed by atoms with Gasteiger partial charge in [0.2, 0.25) is 5.91 Å². The van der Waals surface area contributed by atoms with Crippen LogP contribution in [0.2, 0.25) is 0 Å². The number of hydrogen-bond donors (Lipinski definition) is 1. The lowest BCUT2D eigenvalue weighted by Gasteiger charge is -2.20. The van der Waals surface area contributed by atoms with Crippen LogP contribution in [-0.2, 0) is 20.7 Å². The number of hydrogen-bond acceptors (Lipinski definition) is 5. The first-order valence-corrected chi connectivity index (χ1v) is 11.3. The molecule has 3 aromatic rings. The molecule has 0 unspecified atom stereocenters. The average Bonchev–Trinajstić information content (AvgIpc) is 3.09. The summed E-state index contributed by atoms with van der Waals surface area (Å²) < 4.78 is 6.72. The third kappa shape index (κ3) is 4.92. The number of benzene rings is 1. The van der Waals surface area contributed by atoms with Gasteiger partial charge in [-0.15, -0.1) is 0 Å². The average molecular weight is 451 g/mol. The van der Waals surface area contributed by atoms with E-state index < -0.39 is 12.0 Å². The van der Waals surface area contributed by atoms with E-state index in [4.69, 9.17) is 14.8 Å². The van der Waals surface area contributed by atoms with Gasteiger partial charge in [0.15, 0.2) is 5.65 Å². The van der Waals surface area contributed by atoms with Gasteiger partial charge in [-0.25, -0.2) is 14.5 Å². The number of nitrogens with one attached hydrogen (secondary N) is 1. The Morgan fingerprint density at radius 3 is 2.36 bits per heavy atom. The van der Waals surface area contributed by atoms with Crippen LogP contribution >= 0.6 is 0 Å². The van der Waals surface area contributed by atoms with Crippen LogP contribution in [0.15, 0.2) is 18.2 Å². The van der Waals surface area contributed by atoms with Gasteiger partial charge >= 0.3 is 5.97 Å². The molecule has 1 atom stereocenters. The third-order valence-electron chi connectivity index (χ3n) is 6.35. The summed E-state index contributed by atoms with van der Waals surface area (Å²) in [5.74, 6) is -0.662. The van der Waals surface area contributed by atoms with Crippen LogP contribution < -0.4 is 5.32 Å². The Morgan fingerprint density at radius 1 is 1.06 bits per heavy atom. The monoisotopic (exact) mass is 450 g/mol. The standard InChI is InChI=1S/C26H34N4O3/c1-14(2)24(26(32)33-8)28-22(31)12-11-21-17(5)23-19(7)29-30(25(23)27-18(21)6)20-10-9-15(3)16(4)13-20/h9-10,13-14,24H,11-12H2,1-8H3,(H,28,31)/t24-/m0/s1. The van der Waals surface area contributed by atoms with Gasteiger partial charge in [0.25, 0.3) is 0 Å². The van der Waals surface area contributed by atoms with Crippen molar-refractivity contribution in [2.45, 2.75) is 67.3 Å². The first kappa shape index (κ1) is 24.4. The lowest BCUT2D eigenvalue weighted by atomic mass is 9.98. The van der Waals surface area contributed by atoms with E-state index in [1.165, 1.54) is 18.2 Å². The molecular formula is C26H34N4O3. The smallest absolute Gasteiger partial charge is 0.328 e. The predicted octanol–water partition coefficient (Wildman–Crippen LogP) is 4.21. The van der Waals surface area contributed by atoms with E-state index in [1.807, 2.05) is 32.4 Å². The third-order valence-corrected chi connectivity index (χ3v) is 6.35. The van der Waals surface area contributed by atoms with Gasteiger partial charge in [0.1, 0.15) is 6.04 Å². The molecule has 2 heterocycles. The number of carbonyl (C=O) groups excluding carboxylic acids is 2. The number of amides is 1. The second kappa shape index (κ2) is 9.73. The summed E-state index contributed by atoms with van der Waals surface area (Å²) >= 11 is 0. The van der Waals surface area contributed by atoms with Crippen LogP contribution in [0.5, 0.6) is 0 Å². The van der Waals surface area contributed by atoms with Crippen LogP contribution in [-0.4, -0.2) is 39.8 Å². The molecule has 0 aliphatic rings. The molecule has 1 aromatic carbocycles. The quantitative estimate of drug-likeness (QED) is 0.545. The van der Waals surface area contributed by atoms with Gasteiger partial charge in [-0.2, -0.15) is 5.10 Å². The van der Waals surface area contributed by atoms with Crippen LogP contribution in [0.3, 0.4) is 0 Å². The van der Waals surface area contributed by atoms with Crippen molar-refractivity contribution >= 4 is 22.9 Å². The maximum absolute atomic E-state index is 12.6. The molecule has 0 aliphatic heterocycles. The Morgan fingerprint density at radius 2 is 1.76 bits per heavy atom. The number of esters is 1. The summed E-state index contributed by atoms with van der Waals surface area (Å²) in [5, 5.41) is 8.61. The van der Waals surface area contributed by atoms with Gasteiger partial charge in [-0.3, -0.25) is 4.79 Å². The van der Waals surface area contributed by atoms with Crippen molar-refractivity contribution in [3.8, 4) is 5.69 Å². The van der Waals surface area contributed by atoms with Gasteiger partial charge in [-0.05, 0) is 81.3 Å². The van der Waals surface area contributed by atoms with E-state index in [0.717, 1.165) is 39.2 Å². The molecule has 0 saturated carbocycles. The zero-order valence-electron chi connectivity index (χ0n) is 20.9. The fourth-order valence-corrected chi connectivity index (χ4v) is 4.22. The van der Waals surface area contributed by atoms with E-state index in [9.17, 15) is 9.59 Å². The van der Waals surface area contributed by atoms with Gasteiger partial charge < -0.3 is 10.1 Å². The maximum atomic E-state index is 12.6. The number of carbonyl (C=O) groups is 2. The van der Waals surface area contributed by atoms with Crippen molar-refractivity contribution in [1.29, 1.82) is 0 Å². The SMILES string of the molecule is COC(=O)[C@@H](NC(=O)CCc1c(C)nc2c(c(C)nn2-c2ccc(C)c(C)c2)c1C)C(C)C. The fourth-order valence-electron chi connectivity index (χ4n) is 4.22. The maximum Gasteiger partial charge on any atom is 0.328 e. The molecule has 7 nitrogen and oxygen atoms in total. The highest BCUT2D eigenvalue weighted by molar-refractivity contribution is 5.86. The van der Waals surface area contributed by atoms with Crippen molar-refractivity contribution < 1.29 is 14.3 Å². The van der Waals surface area contributed by atoms with Gasteiger partial charge in [0, 0.05) is 17.5 Å². The van der Waals surface area contributed by atoms with Crippen molar-refractivity contribution in [2.24, 2.45) is 5.92 Å². The minimum atomic E-state index is -0.649. The number of methoxy groups -OCH3 is 1. The summed E-state index contributed by atoms with van der Waals surface area (Å²) in [7, 11) is 1.33. The predicted molar refractivity (Wildman–Crippen MR) is 130 cm³/mol. The van der Waals surface area contributed by atoms with Crippen molar-refractivity contribution in [1.82, 2.24) is 20.1 Å². The summed E-state index contributed by atoms with van der Waals surface area (Å²) in [6, 6.07) is 5.63. The summed E-state index contributed by atoms with van der Waals surface area (Å²) in [4.78, 5) is 29.4. The van der Waals surface area contributed by atoms with Crippen molar-refractivity contribution in [3.63, 3.8) is 0 Å². The highest BCUT2D eigenvalue weighted by atomic mass is 16.5. The molecule has 0 saturated heterocycles. The Balaban J connectivity index is 1.90. The minimum Gasteiger partial charge on any atom is -0.467 e. The van der Waals surface area contributed by atoms with E-state index >= 15 is 0 Å². The van der Waals surface area contributed by atoms with E-state index in [2.05, 4.69) is 44.3 Å². The Labute approximate surface area is 195 Å². The van der Waals surface area contributed by atoms with E-state index in [-0.39, 0.29) is 18.2 Å². The minimum absolute atomic E-state index is 0.0539. The topological polar surface area (TPSA) is 86.1 Å². The van der Waals surface area contributed by atoms with Crippen LogP contribution in [0.25, 0.3) is 16.7 Å². The first-order chi connectivity index (χ1) is 15.5. The molecule has 176 valence electrons. The van der Waals surface area contributed by atoms with Crippen LogP contribution in [0.1, 0.15) is 53.9 Å². The fraction of sp³-hybridized carbons (Fsp3) is 0.462. The molecule has 1 amide bonds. The number of fused-ring (bicyclic) bond motifs is 1. The normalized spacial score (nSPS) is 12.3. The number of nitrogens with zero attached hydrogens (tertiary/aromatic N) is 3. The number of aromatic nitrogens is 3. The molecule has 3 rings (SSSR count). The largest absolute Gasteiger partial charge is 0.467 e. The second-order valence-corrected chi connectivity index (χ2v) is 9.08. The molecule has 1 N–H and O–H groups in total. The number of aryl methyl sites for hydroxylation is 5. The molecule has 0 spiro atoms. The van der Waals surface area contributed by atoms with Crippen LogP contribution in [0, 0.1) is 40.5 Å². The molecular weight excluding hydrogens is 416 g/mol. The lowest BCUT2D eigenvalue weighted by Crippen LogP contribution is -2.45. The van der Waals surface area contributed by atoms with E-state index in [0.29, 0.717) is 6.42 Å². The zero-order chi connectivity index (χ0) is 24.4. The number of ether oxygens (including phenoxy) is 1. The summed E-state index contributed by atoms with van der Waals surface area (Å²) in [6.07, 6.45) is 0.798. The molecule has 0 bridgehead atoms. The molecule has 2 aromatic heterocycles. The molecule has 0 radical (unpaired) electrons. The zero-order valence-corrected chi connectivity index (χ0v) is 20.9. The highest BCUT2D eigenvalue weighted by Gasteiger charge is 2.25. The Kier molecular flexibility index (Phi) is 7.20. The molecule has 7 heteroatoms. The van der Waals surface area contributed by atoms with Crippen LogP contribution in [0.4, 0.5) is 0 Å². The van der Waals surface area contributed by atoms with E-state index in [1.54, 1.807) is 0 Å².